The average molecular weight is 708 g/mol. The lowest BCUT2D eigenvalue weighted by atomic mass is 9.82. The number of aliphatic hydroxyl groups is 1. The van der Waals surface area contributed by atoms with Crippen molar-refractivity contribution in [1.82, 2.24) is 0 Å². The average Bonchev–Trinajstić information content (AvgIpc) is 3.55. The summed E-state index contributed by atoms with van der Waals surface area (Å²) in [5, 5.41) is 18.2. The van der Waals surface area contributed by atoms with Gasteiger partial charge in [-0.25, -0.2) is 5.01 Å². The number of rotatable bonds is 9. The van der Waals surface area contributed by atoms with E-state index in [4.69, 9.17) is 26.2 Å². The maximum absolute atomic E-state index is 15.0. The van der Waals surface area contributed by atoms with Gasteiger partial charge in [-0.05, 0) is 65.6 Å². The van der Waals surface area contributed by atoms with E-state index in [9.17, 15) is 9.90 Å². The Kier molecular flexibility index (Phi) is 9.19. The van der Waals surface area contributed by atoms with Crippen molar-refractivity contribution in [2.75, 3.05) is 23.6 Å². The second-order valence-corrected chi connectivity index (χ2v) is 19.1. The van der Waals surface area contributed by atoms with E-state index in [-0.39, 0.29) is 42.5 Å². The lowest BCUT2D eigenvalue weighted by molar-refractivity contribution is -0.146. The van der Waals surface area contributed by atoms with Crippen molar-refractivity contribution in [2.24, 2.45) is 11.0 Å². The van der Waals surface area contributed by atoms with Gasteiger partial charge in [-0.1, -0.05) is 91.4 Å². The highest BCUT2D eigenvalue weighted by Crippen LogP contribution is 2.60. The van der Waals surface area contributed by atoms with E-state index < -0.39 is 13.7 Å². The minimum atomic E-state index is -2.31. The van der Waals surface area contributed by atoms with Crippen molar-refractivity contribution >= 4 is 53.8 Å². The Hall–Kier alpha value is -4.28. The molecule has 0 unspecified atom stereocenters. The molecule has 0 radical (unpaired) electrons. The molecule has 0 aromatic heterocycles. The van der Waals surface area contributed by atoms with E-state index in [0.717, 1.165) is 33.8 Å². The van der Waals surface area contributed by atoms with E-state index >= 15 is 4.79 Å². The molecule has 10 heteroatoms. The number of hydrogen-bond donors (Lipinski definition) is 1. The molecular weight excluding hydrogens is 666 g/mol. The van der Waals surface area contributed by atoms with Gasteiger partial charge >= 0.3 is 0 Å². The number of nitrogens with zero attached hydrogens (tertiary/aromatic N) is 3. The molecule has 3 aliphatic heterocycles. The normalized spacial score (nSPS) is 23.4. The van der Waals surface area contributed by atoms with Crippen LogP contribution >= 0.6 is 11.6 Å². The third-order valence-corrected chi connectivity index (χ3v) is 15.4. The molecule has 0 bridgehead atoms. The first-order valence-corrected chi connectivity index (χ1v) is 20.6. The van der Waals surface area contributed by atoms with Crippen LogP contribution in [0.25, 0.3) is 0 Å². The smallest absolute Gasteiger partial charge is 0.264 e. The molecule has 2 amide bonds. The van der Waals surface area contributed by atoms with E-state index in [1.165, 1.54) is 10.2 Å². The molecule has 1 N–H and O–H groups in total. The summed E-state index contributed by atoms with van der Waals surface area (Å²) in [6.45, 7) is 6.98. The number of ether oxygens (including phenoxy) is 2. The fraction of sp³-hybridized carbons (Fsp3) is 0.325. The maximum Gasteiger partial charge on any atom is 0.264 e. The van der Waals surface area contributed by atoms with Crippen LogP contribution < -0.4 is 19.8 Å². The van der Waals surface area contributed by atoms with Gasteiger partial charge in [-0.15, -0.1) is 0 Å². The summed E-state index contributed by atoms with van der Waals surface area (Å²) in [6, 6.07) is 31.4. The molecule has 50 heavy (non-hydrogen) atoms. The Morgan fingerprint density at radius 2 is 1.74 bits per heavy atom. The molecule has 7 rings (SSSR count). The molecule has 258 valence electrons. The number of amides is 2. The molecule has 0 saturated carbocycles. The summed E-state index contributed by atoms with van der Waals surface area (Å²) in [4.78, 5) is 29.9. The highest BCUT2D eigenvalue weighted by Gasteiger charge is 2.66. The van der Waals surface area contributed by atoms with E-state index in [2.05, 4.69) is 32.2 Å². The maximum atomic E-state index is 15.0. The molecule has 1 saturated heterocycles. The van der Waals surface area contributed by atoms with Gasteiger partial charge in [0.05, 0.1) is 44.9 Å². The predicted molar refractivity (Wildman–Crippen MR) is 200 cm³/mol. The van der Waals surface area contributed by atoms with Crippen LogP contribution in [0.5, 0.6) is 5.75 Å². The first-order valence-electron chi connectivity index (χ1n) is 17.2. The van der Waals surface area contributed by atoms with Crippen LogP contribution in [0.1, 0.15) is 42.9 Å². The standard InChI is InChI=1S/C40H42ClN3O5Si/c1-26-38(50(3,4)32-16-14-31(48-2)15-17-32)36(21-22-45)49-40(26)33-24-29(41)13-19-35(33)43(39(40)47)25-27-9-8-12-30(23-27)44-37(46)20-18-34(42-44)28-10-6-5-7-11-28/h5-17,19,23-24,26,36,38,45H,18,20-22,25H2,1-4H3/t26-,36+,38-,40+/m0/s1. The third kappa shape index (κ3) is 5.76. The molecule has 0 aliphatic carbocycles. The van der Waals surface area contributed by atoms with Crippen molar-refractivity contribution in [3.05, 3.63) is 119 Å². The van der Waals surface area contributed by atoms with Crippen LogP contribution in [0.15, 0.2) is 102 Å². The monoisotopic (exact) mass is 707 g/mol. The predicted octanol–water partition coefficient (Wildman–Crippen LogP) is 7.02. The molecule has 3 aliphatic rings. The van der Waals surface area contributed by atoms with Crippen molar-refractivity contribution in [2.45, 2.75) is 63.1 Å². The number of methoxy groups -OCH3 is 1. The fourth-order valence-electron chi connectivity index (χ4n) is 8.40. The van der Waals surface area contributed by atoms with Crippen molar-refractivity contribution in [1.29, 1.82) is 0 Å². The molecule has 4 aromatic rings. The second kappa shape index (κ2) is 13.4. The second-order valence-electron chi connectivity index (χ2n) is 14.0. The molecular formula is C40H42ClN3O5Si. The van der Waals surface area contributed by atoms with Crippen LogP contribution in [-0.4, -0.2) is 50.5 Å². The van der Waals surface area contributed by atoms with Gasteiger partial charge in [0.25, 0.3) is 5.91 Å². The third-order valence-electron chi connectivity index (χ3n) is 10.8. The summed E-state index contributed by atoms with van der Waals surface area (Å²) in [5.74, 6) is 0.368. The summed E-state index contributed by atoms with van der Waals surface area (Å²) in [5.41, 5.74) is 3.62. The molecule has 4 atom stereocenters. The Balaban J connectivity index is 1.24. The Morgan fingerprint density at radius 1 is 0.980 bits per heavy atom. The Labute approximate surface area is 299 Å². The number of hydrogen-bond acceptors (Lipinski definition) is 6. The zero-order valence-electron chi connectivity index (χ0n) is 28.8. The first kappa shape index (κ1) is 34.2. The zero-order chi connectivity index (χ0) is 35.2. The number of fused-ring (bicyclic) bond motifs is 2. The van der Waals surface area contributed by atoms with Crippen LogP contribution in [0.3, 0.4) is 0 Å². The molecule has 3 heterocycles. The van der Waals surface area contributed by atoms with Gasteiger partial charge < -0.3 is 19.5 Å². The van der Waals surface area contributed by atoms with Crippen LogP contribution in [0.2, 0.25) is 23.7 Å². The zero-order valence-corrected chi connectivity index (χ0v) is 30.6. The quantitative estimate of drug-likeness (QED) is 0.189. The minimum Gasteiger partial charge on any atom is -0.497 e. The summed E-state index contributed by atoms with van der Waals surface area (Å²) in [7, 11) is -0.651. The Bertz CT molecular complexity index is 1950. The van der Waals surface area contributed by atoms with E-state index in [1.807, 2.05) is 78.9 Å². The molecule has 8 nitrogen and oxygen atoms in total. The number of carbonyl (C=O) groups is 2. The lowest BCUT2D eigenvalue weighted by Gasteiger charge is -2.37. The minimum absolute atomic E-state index is 0.0175. The van der Waals surface area contributed by atoms with Crippen LogP contribution in [0.4, 0.5) is 11.4 Å². The van der Waals surface area contributed by atoms with Gasteiger partial charge in [0.15, 0.2) is 5.60 Å². The number of anilines is 2. The molecule has 1 spiro atoms. The number of carbonyl (C=O) groups excluding carboxylic acids is 2. The number of benzene rings is 4. The molecule has 1 fully saturated rings. The lowest BCUT2D eigenvalue weighted by Crippen LogP contribution is -2.51. The van der Waals surface area contributed by atoms with Crippen molar-refractivity contribution in [3.8, 4) is 5.75 Å². The Morgan fingerprint density at radius 3 is 2.46 bits per heavy atom. The highest BCUT2D eigenvalue weighted by molar-refractivity contribution is 6.91. The van der Waals surface area contributed by atoms with Crippen molar-refractivity contribution < 1.29 is 24.2 Å². The van der Waals surface area contributed by atoms with Crippen molar-refractivity contribution in [3.63, 3.8) is 0 Å². The number of hydrazone groups is 1. The van der Waals surface area contributed by atoms with Crippen LogP contribution in [-0.2, 0) is 26.5 Å². The SMILES string of the molecule is COc1ccc([Si](C)(C)[C@@H]2[C@@H](CCO)O[C@]3(C(=O)N(Cc4cccc(N5N=C(c6ccccc6)CCC5=O)c4)c4ccc(Cl)cc43)[C@H]2C)cc1. The largest absolute Gasteiger partial charge is 0.497 e. The van der Waals surface area contributed by atoms with Gasteiger partial charge in [0.1, 0.15) is 5.75 Å². The van der Waals surface area contributed by atoms with Gasteiger partial charge in [-0.3, -0.25) is 9.59 Å². The van der Waals surface area contributed by atoms with E-state index in [0.29, 0.717) is 30.0 Å². The number of aliphatic hydroxyl groups excluding tert-OH is 1. The van der Waals surface area contributed by atoms with E-state index in [1.54, 1.807) is 18.1 Å². The summed E-state index contributed by atoms with van der Waals surface area (Å²) < 4.78 is 12.4. The van der Waals surface area contributed by atoms with Gasteiger partial charge in [0.2, 0.25) is 5.91 Å². The van der Waals surface area contributed by atoms with Gasteiger partial charge in [0, 0.05) is 36.0 Å². The topological polar surface area (TPSA) is 91.7 Å². The highest BCUT2D eigenvalue weighted by atomic mass is 35.5. The first-order chi connectivity index (χ1) is 24.1. The number of halogens is 1. The van der Waals surface area contributed by atoms with Gasteiger partial charge in [-0.2, -0.15) is 5.10 Å². The summed E-state index contributed by atoms with van der Waals surface area (Å²) >= 11 is 6.63. The van der Waals surface area contributed by atoms with Crippen LogP contribution in [0, 0.1) is 5.92 Å². The summed E-state index contributed by atoms with van der Waals surface area (Å²) in [6.07, 6.45) is 1.03. The molecule has 4 aromatic carbocycles. The fourth-order valence-corrected chi connectivity index (χ4v) is 12.6.